The molecule has 0 unspecified atom stereocenters. The molecule has 3 aromatic rings. The molecule has 1 fully saturated rings. The first-order valence-corrected chi connectivity index (χ1v) is 10.5. The highest BCUT2D eigenvalue weighted by Gasteiger charge is 2.26. The minimum atomic E-state index is -0.274. The van der Waals surface area contributed by atoms with E-state index >= 15 is 0 Å². The van der Waals surface area contributed by atoms with Gasteiger partial charge in [0.2, 0.25) is 0 Å². The van der Waals surface area contributed by atoms with Gasteiger partial charge < -0.3 is 4.90 Å². The monoisotopic (exact) mass is 396 g/mol. The lowest BCUT2D eigenvalue weighted by Gasteiger charge is -2.22. The number of aromatic nitrogens is 1. The summed E-state index contributed by atoms with van der Waals surface area (Å²) in [6, 6.07) is 16.3. The Morgan fingerprint density at radius 2 is 1.79 bits per heavy atom. The van der Waals surface area contributed by atoms with Crippen molar-refractivity contribution in [2.24, 2.45) is 0 Å². The molecule has 0 bridgehead atoms. The number of carbonyl (C=O) groups is 1. The summed E-state index contributed by atoms with van der Waals surface area (Å²) in [6.07, 6.45) is 2.35. The molecule has 0 spiro atoms. The molecule has 4 rings (SSSR count). The van der Waals surface area contributed by atoms with E-state index in [1.165, 1.54) is 41.2 Å². The molecular formula is C22H23FN3OS+. The van der Waals surface area contributed by atoms with E-state index in [1.54, 1.807) is 17.0 Å². The van der Waals surface area contributed by atoms with Crippen molar-refractivity contribution in [1.82, 2.24) is 4.98 Å². The number of carbonyl (C=O) groups excluding carboxylic acids is 1. The van der Waals surface area contributed by atoms with Gasteiger partial charge in [0.25, 0.3) is 5.91 Å². The average molecular weight is 397 g/mol. The van der Waals surface area contributed by atoms with Crippen LogP contribution >= 0.6 is 11.3 Å². The van der Waals surface area contributed by atoms with E-state index in [1.807, 2.05) is 35.7 Å². The number of anilines is 1. The van der Waals surface area contributed by atoms with Crippen LogP contribution in [-0.2, 0) is 11.3 Å². The number of likely N-dealkylation sites (tertiary alicyclic amines) is 1. The number of nitrogens with zero attached hydrogens (tertiary/aromatic N) is 2. The van der Waals surface area contributed by atoms with Gasteiger partial charge in [0.1, 0.15) is 5.82 Å². The molecule has 1 aliphatic heterocycles. The van der Waals surface area contributed by atoms with Gasteiger partial charge >= 0.3 is 0 Å². The number of quaternary nitrogens is 1. The minimum Gasteiger partial charge on any atom is -0.327 e. The number of hydrogen-bond donors (Lipinski definition) is 1. The third-order valence-electron chi connectivity index (χ3n) is 5.06. The van der Waals surface area contributed by atoms with Crippen molar-refractivity contribution < 1.29 is 14.1 Å². The summed E-state index contributed by atoms with van der Waals surface area (Å²) in [5.74, 6) is -0.209. The number of rotatable bonds is 6. The Hall–Kier alpha value is -2.57. The number of amides is 1. The van der Waals surface area contributed by atoms with Crippen LogP contribution in [0.1, 0.15) is 18.4 Å². The summed E-state index contributed by atoms with van der Waals surface area (Å²) in [6.45, 7) is 2.96. The maximum absolute atomic E-state index is 13.3. The smallest absolute Gasteiger partial charge is 0.284 e. The standard InChI is InChI=1S/C22H22FN3OS/c23-19-10-8-17(9-11-19)14-26(21(27)15-25-12-4-5-13-25)22-24-20(16-28-22)18-6-2-1-3-7-18/h1-3,6-11,16H,4-5,12-15H2/p+1. The van der Waals surface area contributed by atoms with Crippen molar-refractivity contribution >= 4 is 22.4 Å². The van der Waals surface area contributed by atoms with Crippen molar-refractivity contribution in [2.75, 3.05) is 24.5 Å². The third kappa shape index (κ3) is 4.46. The van der Waals surface area contributed by atoms with Gasteiger partial charge in [-0.1, -0.05) is 42.5 Å². The number of nitrogens with one attached hydrogen (secondary N) is 1. The van der Waals surface area contributed by atoms with Gasteiger partial charge in [0.15, 0.2) is 11.7 Å². The molecule has 1 aliphatic rings. The molecule has 6 heteroatoms. The number of thiazole rings is 1. The van der Waals surface area contributed by atoms with Crippen LogP contribution in [0.15, 0.2) is 60.0 Å². The number of hydrogen-bond acceptors (Lipinski definition) is 3. The highest BCUT2D eigenvalue weighted by Crippen LogP contribution is 2.28. The van der Waals surface area contributed by atoms with Crippen LogP contribution < -0.4 is 9.80 Å². The normalized spacial score (nSPS) is 14.3. The summed E-state index contributed by atoms with van der Waals surface area (Å²) in [5, 5.41) is 2.67. The lowest BCUT2D eigenvalue weighted by atomic mass is 10.2. The molecule has 1 saturated heterocycles. The lowest BCUT2D eigenvalue weighted by molar-refractivity contribution is -0.878. The van der Waals surface area contributed by atoms with Gasteiger partial charge in [-0.25, -0.2) is 9.37 Å². The van der Waals surface area contributed by atoms with Crippen molar-refractivity contribution in [1.29, 1.82) is 0 Å². The molecule has 0 aliphatic carbocycles. The largest absolute Gasteiger partial charge is 0.327 e. The van der Waals surface area contributed by atoms with Gasteiger partial charge in [-0.3, -0.25) is 9.69 Å². The second kappa shape index (κ2) is 8.63. The Kier molecular flexibility index (Phi) is 5.78. The van der Waals surface area contributed by atoms with Crippen LogP contribution in [0.4, 0.5) is 9.52 Å². The van der Waals surface area contributed by atoms with Crippen molar-refractivity contribution in [3.8, 4) is 11.3 Å². The van der Waals surface area contributed by atoms with Gasteiger partial charge in [0.05, 0.1) is 25.3 Å². The summed E-state index contributed by atoms with van der Waals surface area (Å²) in [7, 11) is 0. The molecule has 0 saturated carbocycles. The molecule has 4 nitrogen and oxygen atoms in total. The van der Waals surface area contributed by atoms with E-state index in [0.29, 0.717) is 18.2 Å². The molecule has 1 N–H and O–H groups in total. The SMILES string of the molecule is O=C(C[NH+]1CCCC1)N(Cc1ccc(F)cc1)c1nc(-c2ccccc2)cs1. The third-order valence-corrected chi connectivity index (χ3v) is 5.92. The first-order chi connectivity index (χ1) is 13.7. The van der Waals surface area contributed by atoms with Gasteiger partial charge in [0, 0.05) is 23.8 Å². The van der Waals surface area contributed by atoms with E-state index in [4.69, 9.17) is 4.98 Å². The Morgan fingerprint density at radius 1 is 1.07 bits per heavy atom. The van der Waals surface area contributed by atoms with Crippen molar-refractivity contribution in [3.63, 3.8) is 0 Å². The zero-order valence-corrected chi connectivity index (χ0v) is 16.4. The maximum Gasteiger partial charge on any atom is 0.284 e. The minimum absolute atomic E-state index is 0.0650. The van der Waals surface area contributed by atoms with E-state index in [-0.39, 0.29) is 11.7 Å². The quantitative estimate of drug-likeness (QED) is 0.695. The van der Waals surface area contributed by atoms with Crippen molar-refractivity contribution in [3.05, 3.63) is 71.4 Å². The topological polar surface area (TPSA) is 37.6 Å². The number of benzene rings is 2. The molecule has 1 amide bonds. The molecule has 28 heavy (non-hydrogen) atoms. The second-order valence-electron chi connectivity index (χ2n) is 7.12. The molecule has 2 aromatic carbocycles. The zero-order valence-electron chi connectivity index (χ0n) is 15.6. The van der Waals surface area contributed by atoms with E-state index in [0.717, 1.165) is 29.9 Å². The Bertz CT molecular complexity index is 920. The molecular weight excluding hydrogens is 373 g/mol. The fraction of sp³-hybridized carbons (Fsp3) is 0.273. The fourth-order valence-electron chi connectivity index (χ4n) is 3.53. The van der Waals surface area contributed by atoms with Crippen LogP contribution in [0.3, 0.4) is 0 Å². The highest BCUT2D eigenvalue weighted by atomic mass is 32.1. The number of halogens is 1. The van der Waals surface area contributed by atoms with Gasteiger partial charge in [-0.05, 0) is 17.7 Å². The first kappa shape index (κ1) is 18.8. The molecule has 2 heterocycles. The van der Waals surface area contributed by atoms with E-state index < -0.39 is 0 Å². The average Bonchev–Trinajstić information content (AvgIpc) is 3.40. The van der Waals surface area contributed by atoms with Crippen LogP contribution in [0, 0.1) is 5.82 Å². The predicted molar refractivity (Wildman–Crippen MR) is 110 cm³/mol. The van der Waals surface area contributed by atoms with Crippen LogP contribution in [0.25, 0.3) is 11.3 Å². The van der Waals surface area contributed by atoms with Crippen LogP contribution in [-0.4, -0.2) is 30.5 Å². The van der Waals surface area contributed by atoms with Gasteiger partial charge in [-0.15, -0.1) is 11.3 Å². The summed E-state index contributed by atoms with van der Waals surface area (Å²) in [4.78, 5) is 20.9. The Labute approximate surface area is 168 Å². The maximum atomic E-state index is 13.3. The van der Waals surface area contributed by atoms with Gasteiger partial charge in [-0.2, -0.15) is 0 Å². The lowest BCUT2D eigenvalue weighted by Crippen LogP contribution is -3.11. The van der Waals surface area contributed by atoms with Crippen LogP contribution in [0.5, 0.6) is 0 Å². The Balaban J connectivity index is 1.59. The second-order valence-corrected chi connectivity index (χ2v) is 7.96. The highest BCUT2D eigenvalue weighted by molar-refractivity contribution is 7.14. The fourth-order valence-corrected chi connectivity index (χ4v) is 4.38. The molecule has 0 radical (unpaired) electrons. The summed E-state index contributed by atoms with van der Waals surface area (Å²) in [5.41, 5.74) is 2.79. The van der Waals surface area contributed by atoms with E-state index in [2.05, 4.69) is 0 Å². The Morgan fingerprint density at radius 3 is 2.50 bits per heavy atom. The molecule has 1 aromatic heterocycles. The first-order valence-electron chi connectivity index (χ1n) is 9.58. The summed E-state index contributed by atoms with van der Waals surface area (Å²) < 4.78 is 13.3. The molecule has 0 atom stereocenters. The molecule has 144 valence electrons. The van der Waals surface area contributed by atoms with Crippen molar-refractivity contribution in [2.45, 2.75) is 19.4 Å². The zero-order chi connectivity index (χ0) is 19.3. The predicted octanol–water partition coefficient (Wildman–Crippen LogP) is 3.16. The van der Waals surface area contributed by atoms with E-state index in [9.17, 15) is 9.18 Å². The van der Waals surface area contributed by atoms with Crippen LogP contribution in [0.2, 0.25) is 0 Å². The summed E-state index contributed by atoms with van der Waals surface area (Å²) >= 11 is 1.47.